The molecule has 0 saturated carbocycles. The molecule has 0 aliphatic rings. The standard InChI is InChI=1S/C18H18O4/c1-4-18(19)22-16-11-8-14(12-17(16)21-5-2)13-6-9-15(20-3)10-7-13/h4,6-12H,1,5H2,2-3H3. The second-order valence-electron chi connectivity index (χ2n) is 4.45. The van der Waals surface area contributed by atoms with Crippen molar-refractivity contribution in [3.05, 3.63) is 55.1 Å². The summed E-state index contributed by atoms with van der Waals surface area (Å²) < 4.78 is 15.9. The first kappa shape index (κ1) is 15.6. The number of ether oxygens (including phenoxy) is 3. The number of methoxy groups -OCH3 is 1. The van der Waals surface area contributed by atoms with Gasteiger partial charge in [0.05, 0.1) is 13.7 Å². The van der Waals surface area contributed by atoms with Crippen molar-refractivity contribution in [1.29, 1.82) is 0 Å². The van der Waals surface area contributed by atoms with Gasteiger partial charge >= 0.3 is 5.97 Å². The zero-order valence-corrected chi connectivity index (χ0v) is 12.7. The number of carbonyl (C=O) groups excluding carboxylic acids is 1. The van der Waals surface area contributed by atoms with Crippen molar-refractivity contribution in [2.75, 3.05) is 13.7 Å². The molecule has 22 heavy (non-hydrogen) atoms. The molecule has 2 aromatic carbocycles. The maximum absolute atomic E-state index is 11.4. The van der Waals surface area contributed by atoms with Gasteiger partial charge < -0.3 is 14.2 Å². The van der Waals surface area contributed by atoms with E-state index in [0.717, 1.165) is 23.0 Å². The molecule has 114 valence electrons. The predicted octanol–water partition coefficient (Wildman–Crippen LogP) is 3.85. The maximum atomic E-state index is 11.4. The Balaban J connectivity index is 2.34. The van der Waals surface area contributed by atoms with Crippen LogP contribution in [-0.4, -0.2) is 19.7 Å². The zero-order chi connectivity index (χ0) is 15.9. The molecule has 0 aliphatic heterocycles. The first-order valence-electron chi connectivity index (χ1n) is 6.93. The summed E-state index contributed by atoms with van der Waals surface area (Å²) in [6.07, 6.45) is 1.12. The van der Waals surface area contributed by atoms with Crippen LogP contribution in [0.2, 0.25) is 0 Å². The molecule has 0 fully saturated rings. The van der Waals surface area contributed by atoms with E-state index in [4.69, 9.17) is 14.2 Å². The maximum Gasteiger partial charge on any atom is 0.335 e. The second-order valence-corrected chi connectivity index (χ2v) is 4.45. The summed E-state index contributed by atoms with van der Waals surface area (Å²) in [7, 11) is 1.63. The van der Waals surface area contributed by atoms with E-state index in [9.17, 15) is 4.79 Å². The Hall–Kier alpha value is -2.75. The van der Waals surface area contributed by atoms with E-state index in [0.29, 0.717) is 18.1 Å². The third-order valence-corrected chi connectivity index (χ3v) is 3.04. The van der Waals surface area contributed by atoms with Crippen LogP contribution in [0.1, 0.15) is 6.92 Å². The summed E-state index contributed by atoms with van der Waals surface area (Å²) in [5.74, 6) is 1.18. The molecule has 4 heteroatoms. The molecule has 4 nitrogen and oxygen atoms in total. The minimum absolute atomic E-state index is 0.379. The summed E-state index contributed by atoms with van der Waals surface area (Å²) in [5, 5.41) is 0. The van der Waals surface area contributed by atoms with E-state index in [1.165, 1.54) is 0 Å². The van der Waals surface area contributed by atoms with Crippen LogP contribution in [0.15, 0.2) is 55.1 Å². The molecule has 0 N–H and O–H groups in total. The minimum Gasteiger partial charge on any atom is -0.497 e. The van der Waals surface area contributed by atoms with Gasteiger partial charge in [0.1, 0.15) is 5.75 Å². The molecule has 2 aromatic rings. The molecular weight excluding hydrogens is 280 g/mol. The number of benzene rings is 2. The highest BCUT2D eigenvalue weighted by Gasteiger charge is 2.10. The molecule has 0 radical (unpaired) electrons. The zero-order valence-electron chi connectivity index (χ0n) is 12.7. The molecule has 0 aromatic heterocycles. The van der Waals surface area contributed by atoms with Gasteiger partial charge in [-0.15, -0.1) is 0 Å². The average Bonchev–Trinajstić information content (AvgIpc) is 2.56. The van der Waals surface area contributed by atoms with Gasteiger partial charge in [0.2, 0.25) is 0 Å². The van der Waals surface area contributed by atoms with Crippen molar-refractivity contribution in [3.8, 4) is 28.4 Å². The normalized spacial score (nSPS) is 9.91. The molecule has 0 atom stereocenters. The van der Waals surface area contributed by atoms with Gasteiger partial charge in [0.25, 0.3) is 0 Å². The summed E-state index contributed by atoms with van der Waals surface area (Å²) in [6.45, 7) is 5.74. The Morgan fingerprint density at radius 2 is 1.77 bits per heavy atom. The topological polar surface area (TPSA) is 44.8 Å². The quantitative estimate of drug-likeness (QED) is 0.461. The molecular formula is C18H18O4. The van der Waals surface area contributed by atoms with Gasteiger partial charge in [-0.1, -0.05) is 24.8 Å². The number of hydrogen-bond donors (Lipinski definition) is 0. The van der Waals surface area contributed by atoms with Crippen LogP contribution in [0.25, 0.3) is 11.1 Å². The molecule has 0 spiro atoms. The third-order valence-electron chi connectivity index (χ3n) is 3.04. The number of carbonyl (C=O) groups is 1. The van der Waals surface area contributed by atoms with Crippen molar-refractivity contribution in [2.45, 2.75) is 6.92 Å². The van der Waals surface area contributed by atoms with Crippen molar-refractivity contribution >= 4 is 5.97 Å². The molecule has 0 unspecified atom stereocenters. The van der Waals surface area contributed by atoms with Gasteiger partial charge in [-0.3, -0.25) is 0 Å². The van der Waals surface area contributed by atoms with Crippen LogP contribution in [-0.2, 0) is 4.79 Å². The molecule has 2 rings (SSSR count). The Morgan fingerprint density at radius 1 is 1.09 bits per heavy atom. The van der Waals surface area contributed by atoms with E-state index >= 15 is 0 Å². The van der Waals surface area contributed by atoms with E-state index in [-0.39, 0.29) is 0 Å². The highest BCUT2D eigenvalue weighted by Crippen LogP contribution is 2.33. The second kappa shape index (κ2) is 7.31. The predicted molar refractivity (Wildman–Crippen MR) is 85.4 cm³/mol. The minimum atomic E-state index is -0.516. The lowest BCUT2D eigenvalue weighted by Gasteiger charge is -2.12. The molecule has 0 heterocycles. The van der Waals surface area contributed by atoms with Gasteiger partial charge in [0.15, 0.2) is 11.5 Å². The number of hydrogen-bond acceptors (Lipinski definition) is 4. The molecule has 0 bridgehead atoms. The first-order valence-corrected chi connectivity index (χ1v) is 6.93. The van der Waals surface area contributed by atoms with Crippen molar-refractivity contribution in [2.24, 2.45) is 0 Å². The highest BCUT2D eigenvalue weighted by atomic mass is 16.6. The van der Waals surface area contributed by atoms with Crippen LogP contribution < -0.4 is 14.2 Å². The largest absolute Gasteiger partial charge is 0.497 e. The van der Waals surface area contributed by atoms with E-state index in [1.54, 1.807) is 13.2 Å². The van der Waals surface area contributed by atoms with Crippen LogP contribution in [0.5, 0.6) is 17.2 Å². The fourth-order valence-corrected chi connectivity index (χ4v) is 1.97. The van der Waals surface area contributed by atoms with E-state index in [1.807, 2.05) is 43.3 Å². The van der Waals surface area contributed by atoms with Crippen molar-refractivity contribution < 1.29 is 19.0 Å². The van der Waals surface area contributed by atoms with Crippen molar-refractivity contribution in [3.63, 3.8) is 0 Å². The summed E-state index contributed by atoms with van der Waals surface area (Å²) in [5.41, 5.74) is 1.98. The molecule has 0 amide bonds. The van der Waals surface area contributed by atoms with Crippen LogP contribution >= 0.6 is 0 Å². The lowest BCUT2D eigenvalue weighted by Crippen LogP contribution is -2.05. The Kier molecular flexibility index (Phi) is 5.20. The monoisotopic (exact) mass is 298 g/mol. The van der Waals surface area contributed by atoms with Crippen LogP contribution in [0.4, 0.5) is 0 Å². The van der Waals surface area contributed by atoms with Gasteiger partial charge in [-0.05, 0) is 42.3 Å². The lowest BCUT2D eigenvalue weighted by molar-refractivity contribution is -0.129. The third kappa shape index (κ3) is 3.67. The van der Waals surface area contributed by atoms with Crippen LogP contribution in [0, 0.1) is 0 Å². The average molecular weight is 298 g/mol. The SMILES string of the molecule is C=CC(=O)Oc1ccc(-c2ccc(OC)cc2)cc1OCC. The van der Waals surface area contributed by atoms with E-state index < -0.39 is 5.97 Å². The Morgan fingerprint density at radius 3 is 2.36 bits per heavy atom. The van der Waals surface area contributed by atoms with Gasteiger partial charge in [-0.2, -0.15) is 0 Å². The highest BCUT2D eigenvalue weighted by molar-refractivity contribution is 5.84. The number of esters is 1. The van der Waals surface area contributed by atoms with Gasteiger partial charge in [0, 0.05) is 6.08 Å². The Bertz CT molecular complexity index is 659. The fraction of sp³-hybridized carbons (Fsp3) is 0.167. The lowest BCUT2D eigenvalue weighted by atomic mass is 10.1. The van der Waals surface area contributed by atoms with Crippen LogP contribution in [0.3, 0.4) is 0 Å². The summed E-state index contributed by atoms with van der Waals surface area (Å²) in [4.78, 5) is 11.4. The van der Waals surface area contributed by atoms with Gasteiger partial charge in [-0.25, -0.2) is 4.79 Å². The summed E-state index contributed by atoms with van der Waals surface area (Å²) >= 11 is 0. The van der Waals surface area contributed by atoms with E-state index in [2.05, 4.69) is 6.58 Å². The summed E-state index contributed by atoms with van der Waals surface area (Å²) in [6, 6.07) is 13.1. The number of rotatable bonds is 6. The molecule has 0 saturated heterocycles. The first-order chi connectivity index (χ1) is 10.7. The Labute approximate surface area is 129 Å². The fourth-order valence-electron chi connectivity index (χ4n) is 1.97. The van der Waals surface area contributed by atoms with Crippen molar-refractivity contribution in [1.82, 2.24) is 0 Å². The molecule has 0 aliphatic carbocycles. The smallest absolute Gasteiger partial charge is 0.335 e.